The van der Waals surface area contributed by atoms with E-state index in [9.17, 15) is 9.59 Å². The van der Waals surface area contributed by atoms with Crippen molar-refractivity contribution in [3.63, 3.8) is 0 Å². The van der Waals surface area contributed by atoms with Crippen molar-refractivity contribution in [1.29, 1.82) is 0 Å². The van der Waals surface area contributed by atoms with Gasteiger partial charge in [0.2, 0.25) is 0 Å². The van der Waals surface area contributed by atoms with E-state index in [-0.39, 0.29) is 23.6 Å². The number of amides is 4. The van der Waals surface area contributed by atoms with Crippen LogP contribution in [0, 0.1) is 25.7 Å². The van der Waals surface area contributed by atoms with Crippen molar-refractivity contribution in [1.82, 2.24) is 9.80 Å². The minimum Gasteiger partial charge on any atom is -0.274 e. The highest BCUT2D eigenvalue weighted by Crippen LogP contribution is 2.58. The zero-order valence-electron chi connectivity index (χ0n) is 72.1. The molecule has 12 aromatic heterocycles. The number of carbonyl (C=O) groups is 4. The van der Waals surface area contributed by atoms with Gasteiger partial charge >= 0.3 is 0 Å². The zero-order valence-corrected chi connectivity index (χ0v) is 81.9. The Morgan fingerprint density at radius 2 is 0.558 bits per heavy atom. The van der Waals surface area contributed by atoms with Crippen LogP contribution in [0.2, 0.25) is 0 Å². The number of thiophene rings is 12. The van der Waals surface area contributed by atoms with Gasteiger partial charge in [-0.15, -0.1) is 136 Å². The lowest BCUT2D eigenvalue weighted by molar-refractivity contribution is 0.0636. The van der Waals surface area contributed by atoms with Crippen LogP contribution in [0.1, 0.15) is 334 Å². The Kier molecular flexibility index (Phi) is 32.3. The van der Waals surface area contributed by atoms with Crippen molar-refractivity contribution in [3.8, 4) is 89.2 Å². The summed E-state index contributed by atoms with van der Waals surface area (Å²) in [6.45, 7) is 19.1. The van der Waals surface area contributed by atoms with Crippen molar-refractivity contribution >= 4 is 189 Å². The summed E-state index contributed by atoms with van der Waals surface area (Å²) in [6, 6.07) is 37.1. The molecule has 0 saturated carbocycles. The van der Waals surface area contributed by atoms with Crippen LogP contribution in [0.25, 0.3) is 119 Å². The predicted molar refractivity (Wildman–Crippen MR) is 537 cm³/mol. The van der Waals surface area contributed by atoms with Gasteiger partial charge in [-0.2, -0.15) is 0 Å². The lowest BCUT2D eigenvalue weighted by atomic mass is 9.91. The van der Waals surface area contributed by atoms with Gasteiger partial charge in [0.25, 0.3) is 23.6 Å². The summed E-state index contributed by atoms with van der Waals surface area (Å²) >= 11 is 21.7. The molecule has 0 bridgehead atoms. The third-order valence-electron chi connectivity index (χ3n) is 24.8. The SMILES string of the molecule is CCCCCCCCC(CCCCCC)Cc1ccc(-c2c3cc(-c4ccc(-c5sc(-c6ccc(-c7cc8sc(-c9ccc(-c%10sc(-c%11ccc(C)s%11)c%11c%10C(=O)N(CCCCCCCC)C%11=O)s9)cc8s7)s6)c6c5C(=O)N(CCCCCCCC)C6=O)s4)sc3c(-c3ccc(CC(CCCCCC)CCCCCCCC)s3)c3cc(C)sc23)s1. The van der Waals surface area contributed by atoms with Crippen LogP contribution in [0.15, 0.2) is 97.1 Å². The lowest BCUT2D eigenvalue weighted by Crippen LogP contribution is -2.31. The van der Waals surface area contributed by atoms with Crippen molar-refractivity contribution in [3.05, 3.63) is 139 Å². The molecule has 0 radical (unpaired) electrons. The number of hydrogen-bond acceptors (Lipinski definition) is 16. The maximum Gasteiger partial charge on any atom is 0.263 e. The molecule has 6 nitrogen and oxygen atoms in total. The van der Waals surface area contributed by atoms with Gasteiger partial charge in [0, 0.05) is 132 Å². The number of rotatable bonds is 51. The molecule has 14 heterocycles. The number of fused-ring (bicyclic) bond motifs is 5. The molecule has 18 heteroatoms. The van der Waals surface area contributed by atoms with E-state index in [1.165, 1.54) is 287 Å². The second-order valence-electron chi connectivity index (χ2n) is 34.1. The molecule has 2 unspecified atom stereocenters. The van der Waals surface area contributed by atoms with E-state index in [4.69, 9.17) is 0 Å². The predicted octanol–water partition coefficient (Wildman–Crippen LogP) is 37.2. The fraction of sp³-hybridized carbons (Fsp3) is 0.490. The average Bonchev–Trinajstić information content (AvgIpc) is 1.59. The van der Waals surface area contributed by atoms with Gasteiger partial charge in [0.05, 0.1) is 41.8 Å². The number of hydrogen-bond donors (Lipinski definition) is 0. The third kappa shape index (κ3) is 20.7. The van der Waals surface area contributed by atoms with E-state index in [1.807, 2.05) is 22.7 Å². The smallest absolute Gasteiger partial charge is 0.263 e. The fourth-order valence-corrected chi connectivity index (χ4v) is 32.6. The fourth-order valence-electron chi connectivity index (χ4n) is 18.2. The quantitative estimate of drug-likeness (QED) is 0.0281. The molecule has 2 aliphatic heterocycles. The van der Waals surface area contributed by atoms with Gasteiger partial charge in [-0.25, -0.2) is 0 Å². The number of unbranched alkanes of at least 4 members (excludes halogenated alkanes) is 26. The first-order chi connectivity index (χ1) is 58.8. The maximum absolute atomic E-state index is 15.3. The molecular formula is C102H122N2O4S12. The summed E-state index contributed by atoms with van der Waals surface area (Å²) in [5.41, 5.74) is 5.08. The summed E-state index contributed by atoms with van der Waals surface area (Å²) < 4.78 is 5.20. The first-order valence-electron chi connectivity index (χ1n) is 45.9. The Bertz CT molecular complexity index is 5430. The Balaban J connectivity index is 0.747. The topological polar surface area (TPSA) is 74.8 Å². The highest BCUT2D eigenvalue weighted by molar-refractivity contribution is 7.35. The average molecular weight is 1820 g/mol. The van der Waals surface area contributed by atoms with Gasteiger partial charge in [-0.05, 0) is 148 Å². The molecule has 120 heavy (non-hydrogen) atoms. The number of carbonyl (C=O) groups excluding carboxylic acids is 4. The molecule has 0 fully saturated rings. The van der Waals surface area contributed by atoms with Crippen LogP contribution in [-0.4, -0.2) is 46.5 Å². The van der Waals surface area contributed by atoms with E-state index in [0.717, 1.165) is 100 Å². The van der Waals surface area contributed by atoms with Crippen LogP contribution in [0.5, 0.6) is 0 Å². The highest BCUT2D eigenvalue weighted by Gasteiger charge is 2.45. The molecule has 4 amide bonds. The normalized spacial score (nSPS) is 13.6. The molecule has 0 saturated heterocycles. The van der Waals surface area contributed by atoms with Crippen molar-refractivity contribution in [2.75, 3.05) is 13.1 Å². The van der Waals surface area contributed by atoms with Gasteiger partial charge in [-0.1, -0.05) is 260 Å². The van der Waals surface area contributed by atoms with E-state index < -0.39 is 0 Å². The van der Waals surface area contributed by atoms with Gasteiger partial charge < -0.3 is 0 Å². The number of aryl methyl sites for hydroxylation is 2. The molecule has 15 rings (SSSR count). The van der Waals surface area contributed by atoms with E-state index >= 15 is 9.59 Å². The van der Waals surface area contributed by atoms with E-state index in [1.54, 1.807) is 95.6 Å². The molecule has 0 spiro atoms. The minimum absolute atomic E-state index is 0.150. The van der Waals surface area contributed by atoms with E-state index in [2.05, 4.69) is 175 Å². The van der Waals surface area contributed by atoms with Gasteiger partial charge in [0.15, 0.2) is 0 Å². The van der Waals surface area contributed by atoms with Crippen LogP contribution in [-0.2, 0) is 12.8 Å². The molecule has 0 aliphatic carbocycles. The highest BCUT2D eigenvalue weighted by atomic mass is 32.1. The maximum atomic E-state index is 15.3. The molecule has 2 atom stereocenters. The lowest BCUT2D eigenvalue weighted by Gasteiger charge is -2.16. The summed E-state index contributed by atoms with van der Waals surface area (Å²) in [5, 5.41) is 2.73. The van der Waals surface area contributed by atoms with Crippen molar-refractivity contribution in [2.24, 2.45) is 11.8 Å². The second-order valence-corrected chi connectivity index (χ2v) is 47.5. The summed E-state index contributed by atoms with van der Waals surface area (Å²) in [6.07, 6.45) is 47.3. The van der Waals surface area contributed by atoms with Crippen LogP contribution in [0.3, 0.4) is 0 Å². The van der Waals surface area contributed by atoms with Crippen LogP contribution < -0.4 is 0 Å². The first kappa shape index (κ1) is 89.5. The Labute approximate surface area is 763 Å². The molecule has 636 valence electrons. The molecule has 13 aromatic rings. The van der Waals surface area contributed by atoms with Crippen molar-refractivity contribution in [2.45, 2.75) is 299 Å². The molecular weight excluding hydrogens is 1700 g/mol. The van der Waals surface area contributed by atoms with E-state index in [0.29, 0.717) is 47.2 Å². The zero-order chi connectivity index (χ0) is 83.2. The minimum atomic E-state index is -0.158. The second kappa shape index (κ2) is 43.3. The number of imide groups is 2. The Morgan fingerprint density at radius 1 is 0.250 bits per heavy atom. The van der Waals surface area contributed by atoms with Crippen LogP contribution in [0.4, 0.5) is 0 Å². The largest absolute Gasteiger partial charge is 0.274 e. The van der Waals surface area contributed by atoms with Crippen LogP contribution >= 0.6 is 136 Å². The van der Waals surface area contributed by atoms with Crippen molar-refractivity contribution < 1.29 is 19.2 Å². The third-order valence-corrected chi connectivity index (χ3v) is 39.5. The van der Waals surface area contributed by atoms with Gasteiger partial charge in [0.1, 0.15) is 0 Å². The molecule has 1 aromatic carbocycles. The summed E-state index contributed by atoms with van der Waals surface area (Å²) in [7, 11) is 0. The Morgan fingerprint density at radius 3 is 0.933 bits per heavy atom. The summed E-state index contributed by atoms with van der Waals surface area (Å²) in [5.74, 6) is 0.809. The first-order valence-corrected chi connectivity index (χ1v) is 55.7. The Hall–Kier alpha value is -5.32. The monoisotopic (exact) mass is 1820 g/mol. The standard InChI is InChI=1S/C102H122N2O4S12/c1-9-15-21-27-31-37-43-67(41-35-25-19-13-5)60-69-46-49-76(111-69)87-71-59-66(8)110-93(71)88(77-50-47-70(112-77)61-68(42-36-26-20-14-6)44-38-32-28-22-16-10-2)72-62-82(118-94(72)87)73-51-54-79(113-73)97-91-92(102(108)104(101(91)107)58-40-34-30-24-18-12-4)98(120-97)81-56-53-75(115-81)84-64-86-85(117-84)63-83(116-86)74-52-55-80(114-74)96-90-89(95(119-96)78-48-45-65(7)109-78)99(105)103(100(90)106)57-39-33-29-23-17-11-3/h45-56,59,62-64,67-68H,9-44,57-58,60-61H2,1-8H3. The summed E-state index contributed by atoms with van der Waals surface area (Å²) in [4.78, 5) is 85.5. The van der Waals surface area contributed by atoms with Gasteiger partial charge in [-0.3, -0.25) is 29.0 Å². The number of benzene rings is 1. The molecule has 2 aliphatic rings. The number of nitrogens with zero attached hydrogens (tertiary/aromatic N) is 2. The molecule has 0 N–H and O–H groups in total.